The number of halogens is 1. The predicted molar refractivity (Wildman–Crippen MR) is 137 cm³/mol. The number of nitriles is 1. The first-order valence-electron chi connectivity index (χ1n) is 12.1. The highest BCUT2D eigenvalue weighted by atomic mass is 35.5. The molecule has 186 valence electrons. The summed E-state index contributed by atoms with van der Waals surface area (Å²) in [7, 11) is 0. The first kappa shape index (κ1) is 24.2. The van der Waals surface area contributed by atoms with Crippen LogP contribution in [0.15, 0.2) is 36.7 Å². The van der Waals surface area contributed by atoms with E-state index in [1.165, 1.54) is 5.56 Å². The maximum atomic E-state index is 9.74. The Labute approximate surface area is 215 Å². The summed E-state index contributed by atoms with van der Waals surface area (Å²) >= 11 is 0. The molecule has 10 heteroatoms. The third kappa shape index (κ3) is 3.91. The topological polar surface area (TPSA) is 106 Å². The summed E-state index contributed by atoms with van der Waals surface area (Å²) in [5.41, 5.74) is 5.76. The molecule has 1 saturated heterocycles. The normalized spacial score (nSPS) is 19.0. The van der Waals surface area contributed by atoms with E-state index in [2.05, 4.69) is 58.5 Å². The highest BCUT2D eigenvalue weighted by Crippen LogP contribution is 2.47. The summed E-state index contributed by atoms with van der Waals surface area (Å²) in [5, 5.41) is 22.2. The monoisotopic (exact) mass is 504 g/mol. The Balaban J connectivity index is 0.00000267. The lowest BCUT2D eigenvalue weighted by atomic mass is 9.88. The molecule has 36 heavy (non-hydrogen) atoms. The Kier molecular flexibility index (Phi) is 6.18. The molecule has 1 fully saturated rings. The van der Waals surface area contributed by atoms with E-state index in [1.54, 1.807) is 10.6 Å². The van der Waals surface area contributed by atoms with Gasteiger partial charge in [-0.05, 0) is 57.0 Å². The summed E-state index contributed by atoms with van der Waals surface area (Å²) in [4.78, 5) is 9.15. The summed E-state index contributed by atoms with van der Waals surface area (Å²) in [6, 6.07) is 10.6. The maximum Gasteiger partial charge on any atom is 0.201 e. The van der Waals surface area contributed by atoms with Crippen LogP contribution in [0.25, 0.3) is 16.9 Å². The van der Waals surface area contributed by atoms with Crippen LogP contribution in [0.3, 0.4) is 0 Å². The Morgan fingerprint density at radius 2 is 2.00 bits per heavy atom. The zero-order chi connectivity index (χ0) is 24.2. The predicted octanol–water partition coefficient (Wildman–Crippen LogP) is 4.22. The molecular weight excluding hydrogens is 476 g/mol. The summed E-state index contributed by atoms with van der Waals surface area (Å²) in [6.07, 6.45) is 6.08. The number of pyridine rings is 2. The van der Waals surface area contributed by atoms with Crippen LogP contribution < -0.4 is 10.1 Å². The lowest BCUT2D eigenvalue weighted by Crippen LogP contribution is -2.30. The van der Waals surface area contributed by atoms with Crippen LogP contribution in [0, 0.1) is 23.7 Å². The van der Waals surface area contributed by atoms with E-state index in [1.807, 2.05) is 29.1 Å². The molecule has 1 aliphatic heterocycles. The van der Waals surface area contributed by atoms with Crippen molar-refractivity contribution < 1.29 is 4.74 Å². The second kappa shape index (κ2) is 9.19. The van der Waals surface area contributed by atoms with Crippen molar-refractivity contribution in [3.63, 3.8) is 0 Å². The lowest BCUT2D eigenvalue weighted by molar-refractivity contribution is 0.0814. The molecule has 4 aromatic heterocycles. The molecule has 2 aliphatic rings. The van der Waals surface area contributed by atoms with Crippen molar-refractivity contribution in [1.82, 2.24) is 34.7 Å². The standard InChI is InChI=1S/C26H28N8O.ClH/c1-16-23(31-32-34(16)19-6-9-28-10-7-19)18-11-21-30-15-20(14-27)33(21)22(12-18)35-25-24-17(5-4-8-29-24)13-26(25,2)3;/h4-5,8,11-12,15,19,25,28H,6-7,9-10,13H2,1-3H3;1H. The number of piperidine rings is 1. The van der Waals surface area contributed by atoms with Crippen molar-refractivity contribution in [2.45, 2.75) is 52.2 Å². The third-order valence-corrected chi connectivity index (χ3v) is 7.31. The van der Waals surface area contributed by atoms with Gasteiger partial charge in [0, 0.05) is 23.2 Å². The van der Waals surface area contributed by atoms with Crippen molar-refractivity contribution in [1.29, 1.82) is 5.26 Å². The SMILES string of the molecule is Cc1c(-c2cc(OC3c4ncccc4CC3(C)C)n3c(C#N)cnc3c2)nnn1C1CCNCC1.Cl. The Hall–Kier alpha value is -3.48. The molecule has 0 spiro atoms. The smallest absolute Gasteiger partial charge is 0.201 e. The van der Waals surface area contributed by atoms with Crippen LogP contribution in [-0.2, 0) is 6.42 Å². The quantitative estimate of drug-likeness (QED) is 0.443. The summed E-state index contributed by atoms with van der Waals surface area (Å²) < 4.78 is 10.5. The van der Waals surface area contributed by atoms with Gasteiger partial charge in [-0.1, -0.05) is 25.1 Å². The minimum absolute atomic E-state index is 0. The fourth-order valence-corrected chi connectivity index (χ4v) is 5.51. The highest BCUT2D eigenvalue weighted by molar-refractivity contribution is 5.85. The minimum Gasteiger partial charge on any atom is -0.468 e. The van der Waals surface area contributed by atoms with Crippen LogP contribution in [0.2, 0.25) is 0 Å². The Morgan fingerprint density at radius 3 is 2.78 bits per heavy atom. The number of hydrogen-bond donors (Lipinski definition) is 1. The van der Waals surface area contributed by atoms with Crippen LogP contribution >= 0.6 is 12.4 Å². The van der Waals surface area contributed by atoms with E-state index >= 15 is 0 Å². The first-order chi connectivity index (χ1) is 17.0. The van der Waals surface area contributed by atoms with E-state index < -0.39 is 0 Å². The molecule has 4 aromatic rings. The van der Waals surface area contributed by atoms with Crippen LogP contribution in [0.1, 0.15) is 61.5 Å². The molecule has 1 unspecified atom stereocenters. The fourth-order valence-electron chi connectivity index (χ4n) is 5.51. The number of imidazole rings is 1. The Bertz CT molecular complexity index is 1460. The number of aromatic nitrogens is 6. The van der Waals surface area contributed by atoms with Crippen LogP contribution in [0.4, 0.5) is 0 Å². The van der Waals surface area contributed by atoms with E-state index in [4.69, 9.17) is 4.74 Å². The van der Waals surface area contributed by atoms with Gasteiger partial charge in [0.05, 0.1) is 23.6 Å². The van der Waals surface area contributed by atoms with Crippen molar-refractivity contribution >= 4 is 18.1 Å². The Morgan fingerprint density at radius 1 is 1.19 bits per heavy atom. The van der Waals surface area contributed by atoms with E-state index in [9.17, 15) is 5.26 Å². The molecule has 0 aromatic carbocycles. The van der Waals surface area contributed by atoms with Crippen molar-refractivity contribution in [2.75, 3.05) is 13.1 Å². The van der Waals surface area contributed by atoms with Crippen molar-refractivity contribution in [2.24, 2.45) is 5.41 Å². The van der Waals surface area contributed by atoms with Gasteiger partial charge < -0.3 is 10.1 Å². The molecule has 6 rings (SSSR count). The first-order valence-corrected chi connectivity index (χ1v) is 12.1. The van der Waals surface area contributed by atoms with Gasteiger partial charge >= 0.3 is 0 Å². The molecule has 0 amide bonds. The van der Waals surface area contributed by atoms with Gasteiger partial charge in [0.25, 0.3) is 0 Å². The van der Waals surface area contributed by atoms with Crippen LogP contribution in [-0.4, -0.2) is 42.5 Å². The molecule has 0 saturated carbocycles. The number of rotatable bonds is 4. The molecule has 0 radical (unpaired) electrons. The molecule has 1 N–H and O–H groups in total. The number of nitrogens with zero attached hydrogens (tertiary/aromatic N) is 7. The van der Waals surface area contributed by atoms with Gasteiger partial charge in [0.15, 0.2) is 0 Å². The van der Waals surface area contributed by atoms with Gasteiger partial charge in [0.2, 0.25) is 5.88 Å². The number of nitrogens with one attached hydrogen (secondary N) is 1. The molecule has 9 nitrogen and oxygen atoms in total. The average molecular weight is 505 g/mol. The molecule has 1 aliphatic carbocycles. The van der Waals surface area contributed by atoms with Gasteiger partial charge in [0.1, 0.15) is 29.2 Å². The van der Waals surface area contributed by atoms with Crippen molar-refractivity contribution in [3.05, 3.63) is 59.3 Å². The minimum atomic E-state index is -0.252. The number of fused-ring (bicyclic) bond motifs is 2. The van der Waals surface area contributed by atoms with E-state index in [-0.39, 0.29) is 23.9 Å². The third-order valence-electron chi connectivity index (χ3n) is 7.31. The van der Waals surface area contributed by atoms with Gasteiger partial charge in [-0.15, -0.1) is 17.5 Å². The lowest BCUT2D eigenvalue weighted by Gasteiger charge is -2.28. The van der Waals surface area contributed by atoms with Gasteiger partial charge in [-0.25, -0.2) is 9.67 Å². The summed E-state index contributed by atoms with van der Waals surface area (Å²) in [6.45, 7) is 8.42. The maximum absolute atomic E-state index is 9.74. The highest BCUT2D eigenvalue weighted by Gasteiger charge is 2.42. The second-order valence-corrected chi connectivity index (χ2v) is 10.2. The largest absolute Gasteiger partial charge is 0.468 e. The van der Waals surface area contributed by atoms with Gasteiger partial charge in [-0.3, -0.25) is 9.38 Å². The molecule has 5 heterocycles. The zero-order valence-electron chi connectivity index (χ0n) is 20.6. The molecule has 0 bridgehead atoms. The van der Waals surface area contributed by atoms with E-state index in [0.717, 1.165) is 55.0 Å². The number of ether oxygens (including phenoxy) is 1. The fraction of sp³-hybridized carbons (Fsp3) is 0.423. The van der Waals surface area contributed by atoms with Crippen LogP contribution in [0.5, 0.6) is 5.88 Å². The van der Waals surface area contributed by atoms with Gasteiger partial charge in [-0.2, -0.15) is 5.26 Å². The zero-order valence-corrected chi connectivity index (χ0v) is 21.4. The average Bonchev–Trinajstić information content (AvgIpc) is 3.53. The van der Waals surface area contributed by atoms with E-state index in [0.29, 0.717) is 23.3 Å². The number of hydrogen-bond acceptors (Lipinski definition) is 7. The molecular formula is C26H29ClN8O. The summed E-state index contributed by atoms with van der Waals surface area (Å²) in [5.74, 6) is 0.555. The van der Waals surface area contributed by atoms with Crippen molar-refractivity contribution in [3.8, 4) is 23.2 Å². The molecule has 1 atom stereocenters. The second-order valence-electron chi connectivity index (χ2n) is 10.2.